The van der Waals surface area contributed by atoms with Crippen LogP contribution in [0.3, 0.4) is 0 Å². The monoisotopic (exact) mass is 291 g/mol. The van der Waals surface area contributed by atoms with Crippen molar-refractivity contribution in [1.29, 1.82) is 0 Å². The summed E-state index contributed by atoms with van der Waals surface area (Å²) in [5.74, 6) is -2.91. The average Bonchev–Trinajstić information content (AvgIpc) is 2.62. The Bertz CT molecular complexity index is 486. The van der Waals surface area contributed by atoms with E-state index in [0.29, 0.717) is 0 Å². The fraction of sp³-hybridized carbons (Fsp3) is 0.545. The van der Waals surface area contributed by atoms with Crippen molar-refractivity contribution in [2.45, 2.75) is 23.8 Å². The highest BCUT2D eigenvalue weighted by molar-refractivity contribution is 5.92. The first-order valence-corrected chi connectivity index (χ1v) is 5.72. The Hall–Kier alpha value is -1.55. The van der Waals surface area contributed by atoms with Crippen LogP contribution in [0.15, 0.2) is 29.7 Å². The predicted octanol–water partition coefficient (Wildman–Crippen LogP) is -1.28. The second-order valence-electron chi connectivity index (χ2n) is 4.62. The molecule has 2 aliphatic heterocycles. The van der Waals surface area contributed by atoms with Gasteiger partial charge in [0.15, 0.2) is 17.9 Å². The van der Waals surface area contributed by atoms with Crippen LogP contribution in [0, 0.1) is 0 Å². The highest BCUT2D eigenvalue weighted by Crippen LogP contribution is 2.42. The van der Waals surface area contributed by atoms with Gasteiger partial charge in [-0.1, -0.05) is 6.58 Å². The molecule has 2 heterocycles. The van der Waals surface area contributed by atoms with Crippen LogP contribution >= 0.6 is 0 Å². The summed E-state index contributed by atoms with van der Waals surface area (Å²) in [6.45, 7) is 0.770. The highest BCUT2D eigenvalue weighted by atomic mass is 19.2. The minimum absolute atomic E-state index is 0.0312. The molecule has 0 aromatic rings. The first kappa shape index (κ1) is 14.9. The van der Waals surface area contributed by atoms with Gasteiger partial charge in [0.25, 0.3) is 5.85 Å². The first-order valence-electron chi connectivity index (χ1n) is 5.72. The average molecular weight is 291 g/mol. The number of nitrogens with two attached hydrogens (primary N) is 1. The molecule has 1 fully saturated rings. The number of ether oxygens (including phenoxy) is 1. The molecule has 1 saturated heterocycles. The van der Waals surface area contributed by atoms with Crippen molar-refractivity contribution >= 4 is 5.84 Å². The molecule has 0 radical (unpaired) electrons. The van der Waals surface area contributed by atoms with Crippen molar-refractivity contribution in [3.8, 4) is 0 Å². The van der Waals surface area contributed by atoms with Crippen molar-refractivity contribution in [1.82, 2.24) is 4.90 Å². The van der Waals surface area contributed by atoms with Gasteiger partial charge in [-0.05, 0) is 6.08 Å². The fourth-order valence-corrected chi connectivity index (χ4v) is 2.12. The molecule has 20 heavy (non-hydrogen) atoms. The summed E-state index contributed by atoms with van der Waals surface area (Å²) in [5.41, 5.74) is 2.84. The van der Waals surface area contributed by atoms with Crippen LogP contribution in [0.25, 0.3) is 0 Å². The third-order valence-electron chi connectivity index (χ3n) is 3.26. The minimum atomic E-state index is -2.99. The van der Waals surface area contributed by atoms with E-state index in [1.165, 1.54) is 12.3 Å². The van der Waals surface area contributed by atoms with E-state index < -0.39 is 37.1 Å². The lowest BCUT2D eigenvalue weighted by molar-refractivity contribution is -0.209. The molecule has 9 heteroatoms. The number of hydrogen-bond donors (Lipinski definition) is 4. The maximum absolute atomic E-state index is 14.1. The SMILES string of the molecule is C=C1N=C(N)C=CN1[C@@H]1O[C@](F)(CO)[C@@H](O)[C@]1(O)CF. The summed E-state index contributed by atoms with van der Waals surface area (Å²) in [6, 6.07) is 0. The van der Waals surface area contributed by atoms with Gasteiger partial charge >= 0.3 is 0 Å². The number of aliphatic imine (C=N–C) groups is 1. The van der Waals surface area contributed by atoms with E-state index in [9.17, 15) is 19.0 Å². The maximum Gasteiger partial charge on any atom is 0.263 e. The van der Waals surface area contributed by atoms with Gasteiger partial charge in [0.1, 0.15) is 24.9 Å². The lowest BCUT2D eigenvalue weighted by atomic mass is 9.94. The van der Waals surface area contributed by atoms with E-state index in [-0.39, 0.29) is 11.7 Å². The summed E-state index contributed by atoms with van der Waals surface area (Å²) in [4.78, 5) is 4.79. The van der Waals surface area contributed by atoms with Crippen LogP contribution in [0.4, 0.5) is 8.78 Å². The number of amidine groups is 1. The van der Waals surface area contributed by atoms with Crippen LogP contribution in [-0.4, -0.2) is 63.1 Å². The largest absolute Gasteiger partial charge is 0.390 e. The molecule has 0 aromatic carbocycles. The molecule has 5 N–H and O–H groups in total. The van der Waals surface area contributed by atoms with Gasteiger partial charge in [0.05, 0.1) is 0 Å². The summed E-state index contributed by atoms with van der Waals surface area (Å²) < 4.78 is 32.1. The Kier molecular flexibility index (Phi) is 3.54. The molecule has 0 bridgehead atoms. The van der Waals surface area contributed by atoms with Gasteiger partial charge in [-0.3, -0.25) is 0 Å². The summed E-state index contributed by atoms with van der Waals surface area (Å²) in [6.07, 6.45) is -1.37. The minimum Gasteiger partial charge on any atom is -0.390 e. The normalized spacial score (nSPS) is 41.1. The standard InChI is InChI=1S/C11H15F2N3O4/c1-6-15-7(14)2-3-16(6)9-10(19,4-12)8(18)11(13,5-17)20-9/h2-3,8-9,17-19H,1,4-5H2,(H2,14,15)/t8-,9+,10+,11+/m0/s1. The van der Waals surface area contributed by atoms with Gasteiger partial charge in [0, 0.05) is 6.20 Å². The number of hydrogen-bond acceptors (Lipinski definition) is 7. The van der Waals surface area contributed by atoms with Crippen molar-refractivity contribution in [3.63, 3.8) is 0 Å². The number of halogens is 2. The summed E-state index contributed by atoms with van der Waals surface area (Å²) >= 11 is 0. The number of rotatable bonds is 3. The Balaban J connectivity index is 2.36. The molecule has 0 aliphatic carbocycles. The molecule has 0 amide bonds. The van der Waals surface area contributed by atoms with Gasteiger partial charge in [-0.2, -0.15) is 0 Å². The molecule has 2 aliphatic rings. The van der Waals surface area contributed by atoms with Crippen molar-refractivity contribution in [2.75, 3.05) is 13.3 Å². The lowest BCUT2D eigenvalue weighted by Crippen LogP contribution is -2.56. The summed E-state index contributed by atoms with van der Waals surface area (Å²) in [5, 5.41) is 28.8. The maximum atomic E-state index is 14.1. The zero-order valence-electron chi connectivity index (χ0n) is 10.4. The second-order valence-corrected chi connectivity index (χ2v) is 4.62. The number of nitrogens with zero attached hydrogens (tertiary/aromatic N) is 2. The Morgan fingerprint density at radius 1 is 1.60 bits per heavy atom. The zero-order chi connectivity index (χ0) is 15.1. The quantitative estimate of drug-likeness (QED) is 0.515. The van der Waals surface area contributed by atoms with Crippen LogP contribution in [0.1, 0.15) is 0 Å². The van der Waals surface area contributed by atoms with E-state index in [0.717, 1.165) is 4.90 Å². The predicted molar refractivity (Wildman–Crippen MR) is 64.5 cm³/mol. The Morgan fingerprint density at radius 3 is 2.75 bits per heavy atom. The third kappa shape index (κ3) is 1.99. The van der Waals surface area contributed by atoms with Gasteiger partial charge < -0.3 is 30.7 Å². The van der Waals surface area contributed by atoms with Gasteiger partial charge in [0.2, 0.25) is 0 Å². The van der Waals surface area contributed by atoms with Crippen LogP contribution in [-0.2, 0) is 4.74 Å². The fourth-order valence-electron chi connectivity index (χ4n) is 2.12. The molecule has 7 nitrogen and oxygen atoms in total. The molecule has 4 atom stereocenters. The van der Waals surface area contributed by atoms with E-state index in [1.807, 2.05) is 0 Å². The van der Waals surface area contributed by atoms with Crippen molar-refractivity contribution in [3.05, 3.63) is 24.7 Å². The molecule has 0 saturated carbocycles. The molecule has 0 spiro atoms. The molecule has 0 unspecified atom stereocenters. The topological polar surface area (TPSA) is 112 Å². The number of aliphatic hydroxyl groups excluding tert-OH is 2. The zero-order valence-corrected chi connectivity index (χ0v) is 10.4. The van der Waals surface area contributed by atoms with Crippen molar-refractivity contribution < 1.29 is 28.8 Å². The number of alkyl halides is 2. The van der Waals surface area contributed by atoms with E-state index in [4.69, 9.17) is 15.6 Å². The molecule has 112 valence electrons. The molecular formula is C11H15F2N3O4. The van der Waals surface area contributed by atoms with Gasteiger partial charge in [-0.25, -0.2) is 13.8 Å². The van der Waals surface area contributed by atoms with E-state index in [2.05, 4.69) is 11.6 Å². The summed E-state index contributed by atoms with van der Waals surface area (Å²) in [7, 11) is 0. The van der Waals surface area contributed by atoms with Crippen molar-refractivity contribution in [2.24, 2.45) is 10.7 Å². The van der Waals surface area contributed by atoms with Gasteiger partial charge in [-0.15, -0.1) is 0 Å². The van der Waals surface area contributed by atoms with E-state index >= 15 is 0 Å². The smallest absolute Gasteiger partial charge is 0.263 e. The number of aliphatic hydroxyl groups is 3. The van der Waals surface area contributed by atoms with Crippen LogP contribution < -0.4 is 5.73 Å². The lowest BCUT2D eigenvalue weighted by Gasteiger charge is -2.35. The van der Waals surface area contributed by atoms with Crippen LogP contribution in [0.2, 0.25) is 0 Å². The Morgan fingerprint density at radius 2 is 2.25 bits per heavy atom. The Labute approximate surface area is 113 Å². The molecule has 2 rings (SSSR count). The molecular weight excluding hydrogens is 276 g/mol. The van der Waals surface area contributed by atoms with Crippen LogP contribution in [0.5, 0.6) is 0 Å². The molecule has 0 aromatic heterocycles. The second kappa shape index (κ2) is 4.77. The third-order valence-corrected chi connectivity index (χ3v) is 3.26. The highest BCUT2D eigenvalue weighted by Gasteiger charge is 2.66. The van der Waals surface area contributed by atoms with E-state index in [1.54, 1.807) is 0 Å². The first-order chi connectivity index (χ1) is 9.28.